The standard InChI is InChI=1S/C23H26N2O6.3C9H10O2.2C7H8.4C3H8/c1-28-14-20-12-24(22(26)30-20)18-7-3-16(4-8-18)11-17-5-9-19(10-6-17)25-13-21(15-29-2)31-23(25)27;3*1-2-4-8(5-3-1)10-6-9-7-11-9;2*1-7-5-3-2-4-6-7;4*1-3-2/h3-10,20-21H,11-15H2,1-2H3;3*1-5,9H,6-7H2;2*2-6H,1H3;4*3H2,1-2H3. The Morgan fingerprint density at radius 1 is 0.356 bits per heavy atom. The number of methoxy groups -OCH3 is 2. The molecule has 5 fully saturated rings. The Labute approximate surface area is 539 Å². The number of para-hydroxylation sites is 3. The summed E-state index contributed by atoms with van der Waals surface area (Å²) in [5.41, 5.74) is 6.50. The Balaban J connectivity index is 0.000000297. The van der Waals surface area contributed by atoms with Gasteiger partial charge in [-0.25, -0.2) is 9.59 Å². The first-order chi connectivity index (χ1) is 43.9. The van der Waals surface area contributed by atoms with Crippen LogP contribution in [0, 0.1) is 13.8 Å². The minimum Gasteiger partial charge on any atom is -0.491 e. The minimum absolute atomic E-state index is 0.242. The minimum atomic E-state index is -0.349. The number of amides is 2. The van der Waals surface area contributed by atoms with Gasteiger partial charge in [0.15, 0.2) is 0 Å². The number of hydrogen-bond donors (Lipinski definition) is 0. The van der Waals surface area contributed by atoms with Gasteiger partial charge in [0.25, 0.3) is 0 Å². The number of benzene rings is 7. The average molecular weight is 1240 g/mol. The van der Waals surface area contributed by atoms with Crippen LogP contribution in [0.15, 0.2) is 200 Å². The van der Waals surface area contributed by atoms with Crippen molar-refractivity contribution in [3.05, 3.63) is 222 Å². The van der Waals surface area contributed by atoms with Crippen molar-refractivity contribution >= 4 is 23.6 Å². The van der Waals surface area contributed by atoms with E-state index in [-0.39, 0.29) is 24.4 Å². The molecule has 14 nitrogen and oxygen atoms in total. The number of ether oxygens (including phenoxy) is 10. The van der Waals surface area contributed by atoms with Crippen LogP contribution >= 0.6 is 0 Å². The lowest BCUT2D eigenvalue weighted by atomic mass is 10.0. The van der Waals surface area contributed by atoms with Crippen molar-refractivity contribution in [3.8, 4) is 17.2 Å². The van der Waals surface area contributed by atoms with Crippen LogP contribution in [0.5, 0.6) is 17.2 Å². The maximum atomic E-state index is 12.1. The van der Waals surface area contributed by atoms with E-state index < -0.39 is 0 Å². The molecule has 0 spiro atoms. The van der Waals surface area contributed by atoms with Crippen LogP contribution in [-0.2, 0) is 39.6 Å². The Hall–Kier alpha value is -7.72. The lowest BCUT2D eigenvalue weighted by Crippen LogP contribution is -2.25. The third-order valence-electron chi connectivity index (χ3n) is 12.0. The molecule has 0 radical (unpaired) electrons. The van der Waals surface area contributed by atoms with Gasteiger partial charge in [0.2, 0.25) is 0 Å². The fourth-order valence-electron chi connectivity index (χ4n) is 7.51. The van der Waals surface area contributed by atoms with Crippen molar-refractivity contribution < 1.29 is 57.0 Å². The van der Waals surface area contributed by atoms with Crippen LogP contribution in [0.25, 0.3) is 0 Å². The van der Waals surface area contributed by atoms with Gasteiger partial charge in [-0.15, -0.1) is 0 Å². The number of cyclic esters (lactones) is 2. The fraction of sp³-hybridized carbons (Fsp3) is 0.421. The average Bonchev–Trinajstić information content (AvgIpc) is 2.09. The van der Waals surface area contributed by atoms with Crippen LogP contribution in [0.1, 0.15) is 103 Å². The van der Waals surface area contributed by atoms with Crippen LogP contribution in [0.3, 0.4) is 0 Å². The molecule has 7 aromatic carbocycles. The molecule has 0 aliphatic carbocycles. The van der Waals surface area contributed by atoms with E-state index >= 15 is 0 Å². The van der Waals surface area contributed by atoms with Gasteiger partial charge in [-0.1, -0.05) is 232 Å². The molecule has 14 heteroatoms. The normalized spacial score (nSPS) is 17.1. The van der Waals surface area contributed by atoms with E-state index in [2.05, 4.69) is 93.5 Å². The van der Waals surface area contributed by atoms with E-state index in [0.717, 1.165) is 66.0 Å². The smallest absolute Gasteiger partial charge is 0.414 e. The molecular formula is C76H104N2O12. The first-order valence-electron chi connectivity index (χ1n) is 31.9. The number of epoxide rings is 3. The number of nitrogens with zero attached hydrogens (tertiary/aromatic N) is 2. The number of rotatable bonds is 17. The molecule has 7 aromatic rings. The number of aryl methyl sites for hydroxylation is 2. The van der Waals surface area contributed by atoms with Gasteiger partial charge in [0.05, 0.1) is 46.1 Å². The summed E-state index contributed by atoms with van der Waals surface area (Å²) < 4.78 is 52.0. The maximum absolute atomic E-state index is 12.1. The summed E-state index contributed by atoms with van der Waals surface area (Å²) in [6, 6.07) is 65.6. The zero-order valence-electron chi connectivity index (χ0n) is 55.8. The van der Waals surface area contributed by atoms with Gasteiger partial charge >= 0.3 is 12.2 Å². The van der Waals surface area contributed by atoms with E-state index in [1.165, 1.54) is 36.8 Å². The number of carbonyl (C=O) groups excluding carboxylic acids is 2. The van der Waals surface area contributed by atoms with E-state index in [1.54, 1.807) is 24.0 Å². The molecule has 90 heavy (non-hydrogen) atoms. The van der Waals surface area contributed by atoms with Gasteiger partial charge in [-0.3, -0.25) is 9.80 Å². The third kappa shape index (κ3) is 36.1. The molecule has 5 heterocycles. The molecule has 0 aromatic heterocycles. The quantitative estimate of drug-likeness (QED) is 0.0801. The molecular weight excluding hydrogens is 1130 g/mol. The summed E-state index contributed by atoms with van der Waals surface area (Å²) >= 11 is 0. The Morgan fingerprint density at radius 3 is 0.811 bits per heavy atom. The Kier molecular flexibility index (Phi) is 41.0. The van der Waals surface area contributed by atoms with Crippen molar-refractivity contribution in [1.29, 1.82) is 0 Å². The van der Waals surface area contributed by atoms with E-state index in [9.17, 15) is 9.59 Å². The highest BCUT2D eigenvalue weighted by molar-refractivity contribution is 5.90. The summed E-state index contributed by atoms with van der Waals surface area (Å²) in [6.07, 6.45) is 5.59. The second-order valence-electron chi connectivity index (χ2n) is 21.5. The number of hydrogen-bond acceptors (Lipinski definition) is 12. The summed E-state index contributed by atoms with van der Waals surface area (Å²) in [5, 5.41) is 0. The summed E-state index contributed by atoms with van der Waals surface area (Å²) in [6.45, 7) is 27.5. The van der Waals surface area contributed by atoms with Crippen LogP contribution in [0.4, 0.5) is 21.0 Å². The second kappa shape index (κ2) is 48.2. The Morgan fingerprint density at radius 2 is 0.600 bits per heavy atom. The highest BCUT2D eigenvalue weighted by Crippen LogP contribution is 2.26. The molecule has 0 N–H and O–H groups in total. The largest absolute Gasteiger partial charge is 0.491 e. The van der Waals surface area contributed by atoms with E-state index in [4.69, 9.17) is 47.4 Å². The van der Waals surface area contributed by atoms with Gasteiger partial charge in [0, 0.05) is 25.6 Å². The molecule has 5 saturated heterocycles. The molecule has 0 saturated carbocycles. The predicted molar refractivity (Wildman–Crippen MR) is 366 cm³/mol. The van der Waals surface area contributed by atoms with Crippen molar-refractivity contribution in [2.24, 2.45) is 0 Å². The highest BCUT2D eigenvalue weighted by atomic mass is 16.6. The molecule has 0 bridgehead atoms. The number of anilines is 2. The van der Waals surface area contributed by atoms with Crippen molar-refractivity contribution in [3.63, 3.8) is 0 Å². The van der Waals surface area contributed by atoms with Crippen LogP contribution < -0.4 is 24.0 Å². The number of carbonyl (C=O) groups is 2. The van der Waals surface area contributed by atoms with Crippen LogP contribution in [-0.4, -0.2) is 123 Å². The van der Waals surface area contributed by atoms with Crippen molar-refractivity contribution in [1.82, 2.24) is 0 Å². The molecule has 5 aliphatic heterocycles. The monoisotopic (exact) mass is 1240 g/mol. The van der Waals surface area contributed by atoms with E-state index in [1.807, 2.05) is 176 Å². The zero-order chi connectivity index (χ0) is 65.4. The highest BCUT2D eigenvalue weighted by Gasteiger charge is 2.33. The van der Waals surface area contributed by atoms with Gasteiger partial charge in [-0.2, -0.15) is 0 Å². The second-order valence-corrected chi connectivity index (χ2v) is 21.5. The van der Waals surface area contributed by atoms with E-state index in [0.29, 0.717) is 64.4 Å². The summed E-state index contributed by atoms with van der Waals surface area (Å²) in [4.78, 5) is 27.4. The fourth-order valence-corrected chi connectivity index (χ4v) is 7.51. The molecule has 5 atom stereocenters. The zero-order valence-corrected chi connectivity index (χ0v) is 55.8. The third-order valence-corrected chi connectivity index (χ3v) is 12.0. The SMILES string of the molecule is CCC.CCC.CCC.CCC.COCC1CN(c2ccc(Cc3ccc(N4CC(COC)OC4=O)cc3)cc2)C(=O)O1.Cc1ccccc1.Cc1ccccc1.c1ccc(OCC2CO2)cc1.c1ccc(OCC2CO2)cc1.c1ccc(OCC2CO2)cc1. The first-order valence-corrected chi connectivity index (χ1v) is 31.9. The van der Waals surface area contributed by atoms with Crippen molar-refractivity contribution in [2.75, 3.05) is 90.0 Å². The van der Waals surface area contributed by atoms with Gasteiger partial charge < -0.3 is 47.4 Å². The molecule has 12 rings (SSSR count). The lowest BCUT2D eigenvalue weighted by molar-refractivity contribution is 0.0715. The molecule has 5 aliphatic rings. The summed E-state index contributed by atoms with van der Waals surface area (Å²) in [7, 11) is 3.18. The van der Waals surface area contributed by atoms with Crippen LogP contribution in [0.2, 0.25) is 0 Å². The predicted octanol–water partition coefficient (Wildman–Crippen LogP) is 17.3. The summed E-state index contributed by atoms with van der Waals surface area (Å²) in [5.74, 6) is 2.76. The molecule has 490 valence electrons. The van der Waals surface area contributed by atoms with Gasteiger partial charge in [-0.05, 0) is 92.1 Å². The topological polar surface area (TPSA) is 143 Å². The lowest BCUT2D eigenvalue weighted by Gasteiger charge is -2.14. The molecule has 2 amide bonds. The Bertz CT molecular complexity index is 2560. The first kappa shape index (κ1) is 76.5. The maximum Gasteiger partial charge on any atom is 0.414 e. The van der Waals surface area contributed by atoms with Crippen molar-refractivity contribution in [2.45, 2.75) is 132 Å². The van der Waals surface area contributed by atoms with Gasteiger partial charge in [0.1, 0.15) is 67.6 Å². The molecule has 5 unspecified atom stereocenters.